The number of aromatic nitrogens is 1. The summed E-state index contributed by atoms with van der Waals surface area (Å²) in [5.74, 6) is -10.8. The van der Waals surface area contributed by atoms with Gasteiger partial charge < -0.3 is 0 Å². The first-order valence-corrected chi connectivity index (χ1v) is 10.9. The fourth-order valence-corrected chi connectivity index (χ4v) is 3.73. The fourth-order valence-electron chi connectivity index (χ4n) is 3.73. The molecule has 0 spiro atoms. The first-order valence-electron chi connectivity index (χ1n) is 10.9. The molecular weight excluding hydrogens is 483 g/mol. The third kappa shape index (κ3) is 5.03. The molecule has 0 atom stereocenters. The number of rotatable bonds is 6. The summed E-state index contributed by atoms with van der Waals surface area (Å²) in [5, 5.41) is 0. The maximum atomic E-state index is 14.9. The quantitative estimate of drug-likeness (QED) is 0.146. The summed E-state index contributed by atoms with van der Waals surface area (Å²) in [6.45, 7) is 2.05. The van der Waals surface area contributed by atoms with Crippen LogP contribution in [0.15, 0.2) is 66.9 Å². The van der Waals surface area contributed by atoms with Crippen LogP contribution in [0.5, 0.6) is 0 Å². The van der Waals surface area contributed by atoms with Crippen LogP contribution in [0.4, 0.5) is 30.7 Å². The molecule has 0 N–H and O–H groups in total. The number of halogens is 7. The van der Waals surface area contributed by atoms with Gasteiger partial charge in [-0.3, -0.25) is 4.98 Å². The Morgan fingerprint density at radius 2 is 1.36 bits per heavy atom. The maximum Gasteiger partial charge on any atom is 0.194 e. The summed E-state index contributed by atoms with van der Waals surface area (Å²) < 4.78 is 98.5. The van der Waals surface area contributed by atoms with Crippen LogP contribution >= 0.6 is 0 Å². The van der Waals surface area contributed by atoms with E-state index in [-0.39, 0.29) is 23.3 Å². The average Bonchev–Trinajstić information content (AvgIpc) is 2.86. The van der Waals surface area contributed by atoms with E-state index in [1.165, 1.54) is 18.2 Å². The maximum absolute atomic E-state index is 14.9. The zero-order chi connectivity index (χ0) is 26.0. The van der Waals surface area contributed by atoms with Crippen molar-refractivity contribution in [1.29, 1.82) is 0 Å². The molecule has 8 heteroatoms. The lowest BCUT2D eigenvalue weighted by Gasteiger charge is -2.09. The zero-order valence-electron chi connectivity index (χ0n) is 18.9. The lowest BCUT2D eigenvalue weighted by Crippen LogP contribution is -1.95. The van der Waals surface area contributed by atoms with Crippen molar-refractivity contribution in [2.75, 3.05) is 0 Å². The van der Waals surface area contributed by atoms with Gasteiger partial charge in [-0.05, 0) is 53.9 Å². The van der Waals surface area contributed by atoms with Gasteiger partial charge in [-0.1, -0.05) is 37.6 Å². The van der Waals surface area contributed by atoms with Crippen LogP contribution in [-0.4, -0.2) is 4.98 Å². The Kier molecular flexibility index (Phi) is 7.24. The predicted molar refractivity (Wildman–Crippen MR) is 124 cm³/mol. The van der Waals surface area contributed by atoms with E-state index in [1.807, 2.05) is 13.0 Å². The Hall–Kier alpha value is -3.94. The molecular formula is C28H18F7N. The number of hydrogen-bond donors (Lipinski definition) is 0. The van der Waals surface area contributed by atoms with E-state index in [0.717, 1.165) is 30.5 Å². The molecule has 184 valence electrons. The molecule has 0 saturated carbocycles. The van der Waals surface area contributed by atoms with Crippen molar-refractivity contribution in [3.05, 3.63) is 113 Å². The lowest BCUT2D eigenvalue weighted by atomic mass is 9.99. The van der Waals surface area contributed by atoms with Gasteiger partial charge >= 0.3 is 0 Å². The van der Waals surface area contributed by atoms with Crippen molar-refractivity contribution in [1.82, 2.24) is 4.98 Å². The highest BCUT2D eigenvalue weighted by molar-refractivity contribution is 5.84. The topological polar surface area (TPSA) is 12.9 Å². The van der Waals surface area contributed by atoms with Crippen LogP contribution in [0.25, 0.3) is 34.0 Å². The van der Waals surface area contributed by atoms with Gasteiger partial charge in [0.15, 0.2) is 29.1 Å². The lowest BCUT2D eigenvalue weighted by molar-refractivity contribution is 0.446. The molecule has 0 amide bonds. The van der Waals surface area contributed by atoms with Gasteiger partial charge in [0.2, 0.25) is 0 Å². The number of aryl methyl sites for hydroxylation is 1. The molecule has 0 aliphatic rings. The molecule has 0 aliphatic carbocycles. The van der Waals surface area contributed by atoms with Gasteiger partial charge in [-0.2, -0.15) is 0 Å². The number of pyridine rings is 1. The van der Waals surface area contributed by atoms with Crippen molar-refractivity contribution >= 4 is 11.7 Å². The normalized spacial score (nSPS) is 12.0. The predicted octanol–water partition coefficient (Wildman–Crippen LogP) is 8.83. The third-order valence-electron chi connectivity index (χ3n) is 5.57. The standard InChI is InChI=1S/C28H18F7N/c1-2-3-15-4-9-25(36-14-15)17-6-7-19(21(29)11-17)16-5-8-20(22(30)10-16)27(34)26(33)18-12-23(31)28(35)24(32)13-18/h4-14H,2-3H2,1H3/b27-26+. The van der Waals surface area contributed by atoms with Crippen molar-refractivity contribution < 1.29 is 30.7 Å². The van der Waals surface area contributed by atoms with E-state index in [0.29, 0.717) is 11.3 Å². The van der Waals surface area contributed by atoms with Crippen molar-refractivity contribution in [3.8, 4) is 22.4 Å². The molecule has 0 aliphatic heterocycles. The Bertz CT molecular complexity index is 1440. The summed E-state index contributed by atoms with van der Waals surface area (Å²) in [6, 6.07) is 11.3. The molecule has 1 heterocycles. The highest BCUT2D eigenvalue weighted by Gasteiger charge is 2.20. The number of benzene rings is 3. The molecule has 0 radical (unpaired) electrons. The minimum absolute atomic E-state index is 0.0133. The second kappa shape index (κ2) is 10.4. The summed E-state index contributed by atoms with van der Waals surface area (Å²) in [4.78, 5) is 4.34. The molecule has 0 saturated heterocycles. The Morgan fingerprint density at radius 1 is 0.694 bits per heavy atom. The third-order valence-corrected chi connectivity index (χ3v) is 5.57. The molecule has 1 nitrogen and oxygen atoms in total. The molecule has 0 bridgehead atoms. The monoisotopic (exact) mass is 501 g/mol. The second-order valence-corrected chi connectivity index (χ2v) is 8.07. The first-order chi connectivity index (χ1) is 17.2. The van der Waals surface area contributed by atoms with Crippen LogP contribution in [0.2, 0.25) is 0 Å². The van der Waals surface area contributed by atoms with Gasteiger partial charge in [0, 0.05) is 28.5 Å². The van der Waals surface area contributed by atoms with Crippen LogP contribution in [-0.2, 0) is 6.42 Å². The molecule has 3 aromatic carbocycles. The summed E-state index contributed by atoms with van der Waals surface area (Å²) in [6.07, 6.45) is 3.56. The smallest absolute Gasteiger partial charge is 0.194 e. The van der Waals surface area contributed by atoms with Crippen molar-refractivity contribution in [2.45, 2.75) is 19.8 Å². The van der Waals surface area contributed by atoms with Gasteiger partial charge in [0.25, 0.3) is 0 Å². The SMILES string of the molecule is CCCc1ccc(-c2ccc(-c3ccc(/C(F)=C(\F)c4cc(F)c(F)c(F)c4)c(F)c3)c(F)c2)nc1. The van der Waals surface area contributed by atoms with E-state index >= 15 is 0 Å². The first kappa shape index (κ1) is 25.2. The minimum Gasteiger partial charge on any atom is -0.256 e. The highest BCUT2D eigenvalue weighted by atomic mass is 19.2. The number of nitrogens with zero attached hydrogens (tertiary/aromatic N) is 1. The summed E-state index contributed by atoms with van der Waals surface area (Å²) >= 11 is 0. The van der Waals surface area contributed by atoms with Gasteiger partial charge in [0.1, 0.15) is 11.6 Å². The highest BCUT2D eigenvalue weighted by Crippen LogP contribution is 2.34. The van der Waals surface area contributed by atoms with Gasteiger partial charge in [-0.15, -0.1) is 0 Å². The zero-order valence-corrected chi connectivity index (χ0v) is 18.9. The minimum atomic E-state index is -1.85. The van der Waals surface area contributed by atoms with Crippen molar-refractivity contribution in [2.24, 2.45) is 0 Å². The van der Waals surface area contributed by atoms with Gasteiger partial charge in [0.05, 0.1) is 5.69 Å². The van der Waals surface area contributed by atoms with E-state index in [4.69, 9.17) is 0 Å². The average molecular weight is 501 g/mol. The fraction of sp³-hybridized carbons (Fsp3) is 0.107. The van der Waals surface area contributed by atoms with Crippen molar-refractivity contribution in [3.63, 3.8) is 0 Å². The molecule has 36 heavy (non-hydrogen) atoms. The van der Waals surface area contributed by atoms with Crippen LogP contribution in [0.3, 0.4) is 0 Å². The van der Waals surface area contributed by atoms with E-state index in [9.17, 15) is 30.7 Å². The van der Waals surface area contributed by atoms with Crippen LogP contribution in [0.1, 0.15) is 30.0 Å². The molecule has 4 rings (SSSR count). The molecule has 4 aromatic rings. The summed E-state index contributed by atoms with van der Waals surface area (Å²) in [7, 11) is 0. The molecule has 0 unspecified atom stereocenters. The molecule has 0 fully saturated rings. The van der Waals surface area contributed by atoms with E-state index < -0.39 is 51.9 Å². The Balaban J connectivity index is 1.64. The Morgan fingerprint density at radius 3 is 1.94 bits per heavy atom. The number of hydrogen-bond acceptors (Lipinski definition) is 1. The van der Waals surface area contributed by atoms with E-state index in [2.05, 4.69) is 4.98 Å². The van der Waals surface area contributed by atoms with E-state index in [1.54, 1.807) is 18.3 Å². The van der Waals surface area contributed by atoms with Crippen LogP contribution < -0.4 is 0 Å². The molecule has 1 aromatic heterocycles. The Labute approximate surface area is 202 Å². The van der Waals surface area contributed by atoms with Crippen LogP contribution in [0, 0.1) is 29.1 Å². The summed E-state index contributed by atoms with van der Waals surface area (Å²) in [5.41, 5.74) is 0.392. The largest absolute Gasteiger partial charge is 0.256 e. The van der Waals surface area contributed by atoms with Gasteiger partial charge in [-0.25, -0.2) is 30.7 Å². The second-order valence-electron chi connectivity index (χ2n) is 8.07.